The summed E-state index contributed by atoms with van der Waals surface area (Å²) in [7, 11) is 0. The summed E-state index contributed by atoms with van der Waals surface area (Å²) in [4.78, 5) is 34.8. The number of amides is 2. The Labute approximate surface area is 188 Å². The van der Waals surface area contributed by atoms with Crippen LogP contribution in [0, 0.1) is 5.92 Å². The van der Waals surface area contributed by atoms with Crippen molar-refractivity contribution in [2.24, 2.45) is 5.92 Å². The Morgan fingerprint density at radius 3 is 2.19 bits per heavy atom. The van der Waals surface area contributed by atoms with E-state index in [2.05, 4.69) is 34.9 Å². The molecule has 170 valence electrons. The molecule has 0 fully saturated rings. The molecule has 2 aromatic rings. The number of rotatable bonds is 10. The topological polar surface area (TPSA) is 105 Å². The van der Waals surface area contributed by atoms with Gasteiger partial charge in [-0.05, 0) is 41.5 Å². The van der Waals surface area contributed by atoms with Crippen molar-refractivity contribution in [3.63, 3.8) is 0 Å². The number of carbonyl (C=O) groups excluding carboxylic acids is 2. The number of alkyl carbamates (subject to hydrolysis) is 1. The fourth-order valence-electron chi connectivity index (χ4n) is 4.05. The van der Waals surface area contributed by atoms with Crippen LogP contribution in [-0.2, 0) is 14.3 Å². The Morgan fingerprint density at radius 2 is 1.59 bits per heavy atom. The second kappa shape index (κ2) is 10.8. The number of nitrogens with one attached hydrogen (secondary N) is 2. The number of carboxylic acid groups (broad SMARTS) is 1. The van der Waals surface area contributed by atoms with E-state index in [0.29, 0.717) is 13.0 Å². The molecule has 0 bridgehead atoms. The summed E-state index contributed by atoms with van der Waals surface area (Å²) in [5, 5.41) is 14.2. The average Bonchev–Trinajstić information content (AvgIpc) is 3.08. The van der Waals surface area contributed by atoms with Crippen molar-refractivity contribution in [1.82, 2.24) is 10.6 Å². The van der Waals surface area contributed by atoms with Crippen LogP contribution in [-0.4, -0.2) is 42.3 Å². The molecule has 2 atom stereocenters. The van der Waals surface area contributed by atoms with Crippen molar-refractivity contribution >= 4 is 18.0 Å². The van der Waals surface area contributed by atoms with Crippen LogP contribution in [0.2, 0.25) is 0 Å². The maximum absolute atomic E-state index is 12.2. The number of fused-ring (bicyclic) bond motifs is 3. The van der Waals surface area contributed by atoms with E-state index < -0.39 is 18.1 Å². The van der Waals surface area contributed by atoms with Crippen LogP contribution in [0.1, 0.15) is 50.2 Å². The molecule has 3 N–H and O–H groups in total. The first-order valence-corrected chi connectivity index (χ1v) is 10.9. The second-order valence-corrected chi connectivity index (χ2v) is 8.42. The predicted octanol–water partition coefficient (Wildman–Crippen LogP) is 3.92. The van der Waals surface area contributed by atoms with Crippen molar-refractivity contribution in [2.75, 3.05) is 13.2 Å². The van der Waals surface area contributed by atoms with Gasteiger partial charge in [-0.15, -0.1) is 0 Å². The Hall–Kier alpha value is -3.35. The molecule has 0 saturated heterocycles. The van der Waals surface area contributed by atoms with Gasteiger partial charge in [0.05, 0.1) is 6.42 Å². The standard InChI is InChI=1S/C25H30N2O5/c1-16(11-12-23(28)27-17(2)13-24(29)30)14-26-25(31)32-15-22-20-9-5-3-7-18(20)19-8-4-6-10-21(19)22/h3-10,16-17,22H,11-15H2,1-2H3,(H,26,31)(H,27,28)(H,29,30)/t16?,17-/m0/s1. The number of carbonyl (C=O) groups is 3. The van der Waals surface area contributed by atoms with E-state index in [9.17, 15) is 14.4 Å². The largest absolute Gasteiger partial charge is 0.481 e. The first kappa shape index (κ1) is 23.3. The zero-order valence-corrected chi connectivity index (χ0v) is 18.5. The lowest BCUT2D eigenvalue weighted by Crippen LogP contribution is -2.35. The predicted molar refractivity (Wildman–Crippen MR) is 121 cm³/mol. The summed E-state index contributed by atoms with van der Waals surface area (Å²) in [5.41, 5.74) is 4.69. The van der Waals surface area contributed by atoms with Crippen molar-refractivity contribution in [1.29, 1.82) is 0 Å². The van der Waals surface area contributed by atoms with Gasteiger partial charge in [0.1, 0.15) is 6.61 Å². The summed E-state index contributed by atoms with van der Waals surface area (Å²) >= 11 is 0. The molecule has 0 saturated carbocycles. The minimum absolute atomic E-state index is 0.0158. The van der Waals surface area contributed by atoms with Crippen molar-refractivity contribution in [3.05, 3.63) is 59.7 Å². The highest BCUT2D eigenvalue weighted by molar-refractivity contribution is 5.79. The smallest absolute Gasteiger partial charge is 0.407 e. The third-order valence-electron chi connectivity index (χ3n) is 5.69. The summed E-state index contributed by atoms with van der Waals surface area (Å²) in [6.45, 7) is 4.26. The van der Waals surface area contributed by atoms with Gasteiger partial charge in [0.2, 0.25) is 5.91 Å². The van der Waals surface area contributed by atoms with Gasteiger partial charge < -0.3 is 20.5 Å². The number of carboxylic acids is 1. The Bertz CT molecular complexity index is 929. The molecular weight excluding hydrogens is 408 g/mol. The Kier molecular flexibility index (Phi) is 7.87. The molecule has 7 nitrogen and oxygen atoms in total. The fraction of sp³-hybridized carbons (Fsp3) is 0.400. The van der Waals surface area contributed by atoms with E-state index in [1.165, 1.54) is 11.1 Å². The molecule has 0 aliphatic heterocycles. The van der Waals surface area contributed by atoms with Crippen LogP contribution in [0.3, 0.4) is 0 Å². The lowest BCUT2D eigenvalue weighted by atomic mass is 9.98. The van der Waals surface area contributed by atoms with Gasteiger partial charge in [0.25, 0.3) is 0 Å². The third-order valence-corrected chi connectivity index (χ3v) is 5.69. The van der Waals surface area contributed by atoms with Crippen LogP contribution < -0.4 is 10.6 Å². The average molecular weight is 439 g/mol. The molecule has 32 heavy (non-hydrogen) atoms. The van der Waals surface area contributed by atoms with E-state index in [-0.39, 0.29) is 37.2 Å². The Morgan fingerprint density at radius 1 is 1.00 bits per heavy atom. The van der Waals surface area contributed by atoms with Crippen LogP contribution in [0.25, 0.3) is 11.1 Å². The number of aliphatic carboxylic acids is 1. The zero-order valence-electron chi connectivity index (χ0n) is 18.5. The monoisotopic (exact) mass is 438 g/mol. The lowest BCUT2D eigenvalue weighted by molar-refractivity contribution is -0.137. The third kappa shape index (κ3) is 6.09. The molecule has 1 aliphatic carbocycles. The van der Waals surface area contributed by atoms with Crippen molar-refractivity contribution in [2.45, 2.75) is 45.1 Å². The summed E-state index contributed by atoms with van der Waals surface area (Å²) in [6.07, 6.45) is 0.274. The van der Waals surface area contributed by atoms with Crippen LogP contribution in [0.5, 0.6) is 0 Å². The molecule has 3 rings (SSSR count). The second-order valence-electron chi connectivity index (χ2n) is 8.42. The fourth-order valence-corrected chi connectivity index (χ4v) is 4.05. The van der Waals surface area contributed by atoms with Gasteiger partial charge in [0, 0.05) is 24.9 Å². The lowest BCUT2D eigenvalue weighted by Gasteiger charge is -2.16. The van der Waals surface area contributed by atoms with Gasteiger partial charge in [-0.25, -0.2) is 4.79 Å². The molecule has 0 aromatic heterocycles. The number of hydrogen-bond donors (Lipinski definition) is 3. The van der Waals surface area contributed by atoms with Crippen molar-refractivity contribution in [3.8, 4) is 11.1 Å². The maximum Gasteiger partial charge on any atom is 0.407 e. The summed E-state index contributed by atoms with van der Waals surface area (Å²) in [6, 6.07) is 15.9. The van der Waals surface area contributed by atoms with Crippen LogP contribution >= 0.6 is 0 Å². The van der Waals surface area contributed by atoms with Crippen molar-refractivity contribution < 1.29 is 24.2 Å². The van der Waals surface area contributed by atoms with Gasteiger partial charge in [-0.1, -0.05) is 55.5 Å². The normalized spacial score (nSPS) is 14.1. The van der Waals surface area contributed by atoms with E-state index in [0.717, 1.165) is 11.1 Å². The first-order valence-electron chi connectivity index (χ1n) is 10.9. The quantitative estimate of drug-likeness (QED) is 0.521. The molecule has 0 radical (unpaired) electrons. The van der Waals surface area contributed by atoms with E-state index in [4.69, 9.17) is 9.84 Å². The van der Waals surface area contributed by atoms with E-state index in [1.54, 1.807) is 6.92 Å². The Balaban J connectivity index is 1.41. The zero-order chi connectivity index (χ0) is 23.1. The number of hydrogen-bond acceptors (Lipinski definition) is 4. The molecule has 1 unspecified atom stereocenters. The van der Waals surface area contributed by atoms with Gasteiger partial charge in [-0.2, -0.15) is 0 Å². The minimum Gasteiger partial charge on any atom is -0.481 e. The molecule has 0 spiro atoms. The van der Waals surface area contributed by atoms with Gasteiger partial charge >= 0.3 is 12.1 Å². The molecule has 2 amide bonds. The van der Waals surface area contributed by atoms with E-state index >= 15 is 0 Å². The minimum atomic E-state index is -0.946. The summed E-state index contributed by atoms with van der Waals surface area (Å²) < 4.78 is 5.52. The SMILES string of the molecule is CC(CCC(=O)N[C@@H](C)CC(=O)O)CNC(=O)OCC1c2ccccc2-c2ccccc21. The summed E-state index contributed by atoms with van der Waals surface area (Å²) in [5.74, 6) is -1.04. The van der Waals surface area contributed by atoms with E-state index in [1.807, 2.05) is 31.2 Å². The maximum atomic E-state index is 12.2. The molecule has 7 heteroatoms. The molecular formula is C25H30N2O5. The number of benzene rings is 2. The highest BCUT2D eigenvalue weighted by atomic mass is 16.5. The van der Waals surface area contributed by atoms with Crippen LogP contribution in [0.15, 0.2) is 48.5 Å². The molecule has 0 heterocycles. The van der Waals surface area contributed by atoms with Gasteiger partial charge in [0.15, 0.2) is 0 Å². The highest BCUT2D eigenvalue weighted by Gasteiger charge is 2.29. The highest BCUT2D eigenvalue weighted by Crippen LogP contribution is 2.44. The van der Waals surface area contributed by atoms with Crippen LogP contribution in [0.4, 0.5) is 4.79 Å². The molecule has 2 aromatic carbocycles. The first-order chi connectivity index (χ1) is 15.3. The van der Waals surface area contributed by atoms with Gasteiger partial charge in [-0.3, -0.25) is 9.59 Å². The number of ether oxygens (including phenoxy) is 1. The molecule has 1 aliphatic rings.